The molecular weight excluding hydrogens is 518 g/mol. The van der Waals surface area contributed by atoms with Crippen molar-refractivity contribution in [3.8, 4) is 0 Å². The number of likely N-dealkylation sites (tertiary alicyclic amines) is 1. The van der Waals surface area contributed by atoms with Gasteiger partial charge in [0.15, 0.2) is 0 Å². The maximum absolute atomic E-state index is 14.0. The number of hydrogen-bond donors (Lipinski definition) is 3. The summed E-state index contributed by atoms with van der Waals surface area (Å²) in [6.45, 7) is 5.28. The van der Waals surface area contributed by atoms with Gasteiger partial charge in [-0.05, 0) is 42.5 Å². The highest BCUT2D eigenvalue weighted by molar-refractivity contribution is 5.91. The van der Waals surface area contributed by atoms with E-state index in [1.54, 1.807) is 9.80 Å². The van der Waals surface area contributed by atoms with Gasteiger partial charge < -0.3 is 20.2 Å². The van der Waals surface area contributed by atoms with Gasteiger partial charge in [0.05, 0.1) is 30.7 Å². The molecule has 1 unspecified atom stereocenters. The van der Waals surface area contributed by atoms with Crippen molar-refractivity contribution in [1.29, 1.82) is 0 Å². The van der Waals surface area contributed by atoms with Crippen LogP contribution in [0.25, 0.3) is 0 Å². The molecule has 40 heavy (non-hydrogen) atoms. The van der Waals surface area contributed by atoms with Crippen LogP contribution in [0.2, 0.25) is 0 Å². The van der Waals surface area contributed by atoms with E-state index in [9.17, 15) is 28.3 Å². The number of amides is 3. The minimum Gasteiger partial charge on any atom is -0.389 e. The quantitative estimate of drug-likeness (QED) is 0.373. The van der Waals surface area contributed by atoms with E-state index in [0.29, 0.717) is 19.5 Å². The van der Waals surface area contributed by atoms with Crippen LogP contribution in [-0.4, -0.2) is 70.6 Å². The Balaban J connectivity index is 1.53. The molecule has 2 fully saturated rings. The van der Waals surface area contributed by atoms with Gasteiger partial charge in [0.25, 0.3) is 0 Å². The summed E-state index contributed by atoms with van der Waals surface area (Å²) in [5.74, 6) is -3.51. The molecular formula is C30H38F2N4O4. The number of rotatable bonds is 12. The minimum atomic E-state index is -1.39. The van der Waals surface area contributed by atoms with Crippen LogP contribution in [-0.2, 0) is 27.3 Å². The lowest BCUT2D eigenvalue weighted by Gasteiger charge is -2.29. The predicted octanol–water partition coefficient (Wildman–Crippen LogP) is 2.60. The molecule has 0 saturated carbocycles. The monoisotopic (exact) mass is 556 g/mol. The van der Waals surface area contributed by atoms with Crippen LogP contribution in [0.4, 0.5) is 8.78 Å². The molecule has 2 aromatic carbocycles. The summed E-state index contributed by atoms with van der Waals surface area (Å²) in [5, 5.41) is 17.3. The van der Waals surface area contributed by atoms with Crippen LogP contribution >= 0.6 is 0 Å². The summed E-state index contributed by atoms with van der Waals surface area (Å²) >= 11 is 0. The second kappa shape index (κ2) is 13.3. The van der Waals surface area contributed by atoms with Crippen molar-refractivity contribution < 1.29 is 28.3 Å². The van der Waals surface area contributed by atoms with Crippen LogP contribution in [0, 0.1) is 23.5 Å². The normalized spacial score (nSPS) is 22.6. The molecule has 0 bridgehead atoms. The van der Waals surface area contributed by atoms with Crippen molar-refractivity contribution in [2.45, 2.75) is 64.3 Å². The van der Waals surface area contributed by atoms with Crippen molar-refractivity contribution in [1.82, 2.24) is 20.4 Å². The van der Waals surface area contributed by atoms with Gasteiger partial charge in [0.2, 0.25) is 17.7 Å². The average Bonchev–Trinajstić information content (AvgIpc) is 3.45. The fraction of sp³-hybridized carbons (Fsp3) is 0.500. The van der Waals surface area contributed by atoms with Crippen LogP contribution in [0.5, 0.6) is 0 Å². The van der Waals surface area contributed by atoms with Gasteiger partial charge in [0, 0.05) is 25.7 Å². The Bertz CT molecular complexity index is 1180. The largest absolute Gasteiger partial charge is 0.389 e. The second-order valence-electron chi connectivity index (χ2n) is 10.7. The number of carbonyl (C=O) groups is 3. The van der Waals surface area contributed by atoms with Gasteiger partial charge in [-0.25, -0.2) is 8.78 Å². The Labute approximate surface area is 233 Å². The smallest absolute Gasteiger partial charge is 0.243 e. The van der Waals surface area contributed by atoms with E-state index in [-0.39, 0.29) is 37.0 Å². The van der Waals surface area contributed by atoms with E-state index >= 15 is 0 Å². The number of aliphatic hydroxyl groups excluding tert-OH is 1. The van der Waals surface area contributed by atoms with Gasteiger partial charge in [-0.2, -0.15) is 0 Å². The van der Waals surface area contributed by atoms with E-state index in [2.05, 4.69) is 10.6 Å². The molecule has 2 heterocycles. The zero-order chi connectivity index (χ0) is 28.8. The SMILES string of the molecule is CCCCN1CC(C(=O)N[C@@H](Cc2cc(F)cc(F)c2)[C@H](O)[C@@H]2NCN(Cc3ccccc3)C2=O)[C@@H](CC)C1=O. The number of halogens is 2. The summed E-state index contributed by atoms with van der Waals surface area (Å²) in [4.78, 5) is 43.0. The molecule has 4 rings (SSSR count). The highest BCUT2D eigenvalue weighted by atomic mass is 19.1. The first kappa shape index (κ1) is 29.6. The van der Waals surface area contributed by atoms with Crippen LogP contribution in [0.1, 0.15) is 44.2 Å². The number of nitrogens with zero attached hydrogens (tertiary/aromatic N) is 2. The Morgan fingerprint density at radius 3 is 2.40 bits per heavy atom. The summed E-state index contributed by atoms with van der Waals surface area (Å²) in [6, 6.07) is 10.4. The topological polar surface area (TPSA) is 102 Å². The van der Waals surface area contributed by atoms with Gasteiger partial charge in [-0.3, -0.25) is 19.7 Å². The first-order valence-corrected chi connectivity index (χ1v) is 14.0. The molecule has 0 spiro atoms. The van der Waals surface area contributed by atoms with Crippen molar-refractivity contribution in [2.24, 2.45) is 11.8 Å². The van der Waals surface area contributed by atoms with E-state index in [0.717, 1.165) is 36.6 Å². The summed E-state index contributed by atoms with van der Waals surface area (Å²) in [6.07, 6.45) is 0.733. The zero-order valence-corrected chi connectivity index (χ0v) is 23.0. The third kappa shape index (κ3) is 6.85. The maximum Gasteiger partial charge on any atom is 0.243 e. The van der Waals surface area contributed by atoms with Crippen molar-refractivity contribution in [2.75, 3.05) is 19.8 Å². The molecule has 2 aliphatic heterocycles. The molecule has 5 atom stereocenters. The highest BCUT2D eigenvalue weighted by Gasteiger charge is 2.45. The Morgan fingerprint density at radius 1 is 1.05 bits per heavy atom. The Morgan fingerprint density at radius 2 is 1.75 bits per heavy atom. The van der Waals surface area contributed by atoms with E-state index in [4.69, 9.17) is 0 Å². The highest BCUT2D eigenvalue weighted by Crippen LogP contribution is 2.29. The number of unbranched alkanes of at least 4 members (excludes halogenated alkanes) is 1. The molecule has 0 aliphatic carbocycles. The lowest BCUT2D eigenvalue weighted by atomic mass is 9.90. The van der Waals surface area contributed by atoms with Crippen LogP contribution in [0.3, 0.4) is 0 Å². The molecule has 3 N–H and O–H groups in total. The number of hydrogen-bond acceptors (Lipinski definition) is 5. The van der Waals surface area contributed by atoms with Crippen molar-refractivity contribution >= 4 is 17.7 Å². The Kier molecular flexibility index (Phi) is 9.86. The first-order valence-electron chi connectivity index (χ1n) is 14.0. The zero-order valence-electron chi connectivity index (χ0n) is 23.0. The molecule has 0 radical (unpaired) electrons. The van der Waals surface area contributed by atoms with Gasteiger partial charge in [-0.1, -0.05) is 50.6 Å². The molecule has 10 heteroatoms. The van der Waals surface area contributed by atoms with Crippen LogP contribution < -0.4 is 10.6 Å². The molecule has 3 amide bonds. The molecule has 2 saturated heterocycles. The van der Waals surface area contributed by atoms with Crippen molar-refractivity contribution in [3.05, 3.63) is 71.3 Å². The van der Waals surface area contributed by atoms with Crippen LogP contribution in [0.15, 0.2) is 48.5 Å². The van der Waals surface area contributed by atoms with Gasteiger partial charge in [-0.15, -0.1) is 0 Å². The standard InChI is InChI=1S/C30H38F2N4O4/c1-3-5-11-35-17-24(23(4-2)29(35)39)28(38)34-25(14-20-12-21(31)15-22(32)13-20)27(37)26-30(40)36(18-33-26)16-19-9-7-6-8-10-19/h6-10,12-13,15,23-27,33,37H,3-5,11,14,16-18H2,1-2H3,(H,34,38)/t23-,24?,25+,26+,27+/m1/s1. The van der Waals surface area contributed by atoms with Crippen molar-refractivity contribution in [3.63, 3.8) is 0 Å². The summed E-state index contributed by atoms with van der Waals surface area (Å²) in [7, 11) is 0. The molecule has 8 nitrogen and oxygen atoms in total. The third-order valence-electron chi connectivity index (χ3n) is 7.85. The Hall–Kier alpha value is -3.37. The number of carbonyl (C=O) groups excluding carboxylic acids is 3. The number of aliphatic hydroxyl groups is 1. The first-order chi connectivity index (χ1) is 19.2. The third-order valence-corrected chi connectivity index (χ3v) is 7.85. The fourth-order valence-corrected chi connectivity index (χ4v) is 5.67. The van der Waals surface area contributed by atoms with E-state index in [1.165, 1.54) is 0 Å². The lowest BCUT2D eigenvalue weighted by molar-refractivity contribution is -0.134. The fourth-order valence-electron chi connectivity index (χ4n) is 5.67. The molecule has 2 aliphatic rings. The number of nitrogens with one attached hydrogen (secondary N) is 2. The van der Waals surface area contributed by atoms with E-state index < -0.39 is 47.6 Å². The minimum absolute atomic E-state index is 0.0652. The lowest BCUT2D eigenvalue weighted by Crippen LogP contribution is -2.56. The second-order valence-corrected chi connectivity index (χ2v) is 10.7. The van der Waals surface area contributed by atoms with Gasteiger partial charge >= 0.3 is 0 Å². The summed E-state index contributed by atoms with van der Waals surface area (Å²) < 4.78 is 28.0. The maximum atomic E-state index is 14.0. The van der Waals surface area contributed by atoms with E-state index in [1.807, 2.05) is 44.2 Å². The average molecular weight is 557 g/mol. The summed E-state index contributed by atoms with van der Waals surface area (Å²) in [5.41, 5.74) is 1.16. The molecule has 216 valence electrons. The number of benzene rings is 2. The van der Waals surface area contributed by atoms with Gasteiger partial charge in [0.1, 0.15) is 17.7 Å². The molecule has 0 aromatic heterocycles. The predicted molar refractivity (Wildman–Crippen MR) is 146 cm³/mol. The molecule has 2 aromatic rings.